The molecule has 0 aromatic heterocycles. The van der Waals surface area contributed by atoms with Gasteiger partial charge in [0.05, 0.1) is 4.90 Å². The number of nitrogens with zero attached hydrogens (tertiary/aromatic N) is 1. The van der Waals surface area contributed by atoms with Gasteiger partial charge in [0.25, 0.3) is 15.0 Å². The second kappa shape index (κ2) is 6.24. The van der Waals surface area contributed by atoms with Crippen LogP contribution in [0.2, 0.25) is 0 Å². The molecular weight excluding hydrogens is 354 g/mol. The molecule has 0 fully saturated rings. The van der Waals surface area contributed by atoms with Crippen LogP contribution in [0.5, 0.6) is 0 Å². The Morgan fingerprint density at radius 3 is 2.26 bits per heavy atom. The molecule has 1 aromatic rings. The number of amides is 1. The quantitative estimate of drug-likeness (QED) is 0.767. The van der Waals surface area contributed by atoms with Crippen molar-refractivity contribution >= 4 is 41.6 Å². The molecule has 0 radical (unpaired) electrons. The summed E-state index contributed by atoms with van der Waals surface area (Å²) in [6.07, 6.45) is 0. The van der Waals surface area contributed by atoms with E-state index in [1.54, 1.807) is 17.9 Å². The van der Waals surface area contributed by atoms with E-state index in [0.29, 0.717) is 28.7 Å². The molecule has 7 heteroatoms. The Kier molecular flexibility index (Phi) is 5.41. The van der Waals surface area contributed by atoms with E-state index in [2.05, 4.69) is 15.9 Å². The minimum atomic E-state index is -3.88. The van der Waals surface area contributed by atoms with Gasteiger partial charge in [-0.1, -0.05) is 15.9 Å². The number of halogens is 2. The van der Waals surface area contributed by atoms with Gasteiger partial charge in [-0.15, -0.1) is 0 Å². The molecule has 1 rings (SSSR count). The molecule has 0 unspecified atom stereocenters. The highest BCUT2D eigenvalue weighted by atomic mass is 79.9. The van der Waals surface area contributed by atoms with Gasteiger partial charge < -0.3 is 4.90 Å². The highest BCUT2D eigenvalue weighted by molar-refractivity contribution is 9.10. The molecule has 0 bridgehead atoms. The van der Waals surface area contributed by atoms with Crippen molar-refractivity contribution in [3.05, 3.63) is 27.7 Å². The Morgan fingerprint density at radius 1 is 1.32 bits per heavy atom. The van der Waals surface area contributed by atoms with E-state index in [-0.39, 0.29) is 10.8 Å². The minimum Gasteiger partial charge on any atom is -0.339 e. The summed E-state index contributed by atoms with van der Waals surface area (Å²) >= 11 is 3.26. The Hall–Kier alpha value is -0.590. The average molecular weight is 369 g/mol. The van der Waals surface area contributed by atoms with Crippen molar-refractivity contribution in [1.82, 2.24) is 4.90 Å². The molecule has 0 saturated heterocycles. The van der Waals surface area contributed by atoms with E-state index < -0.39 is 9.05 Å². The molecule has 0 aliphatic rings. The van der Waals surface area contributed by atoms with Crippen molar-refractivity contribution in [3.63, 3.8) is 0 Å². The van der Waals surface area contributed by atoms with E-state index in [9.17, 15) is 13.2 Å². The fourth-order valence-electron chi connectivity index (χ4n) is 1.72. The summed E-state index contributed by atoms with van der Waals surface area (Å²) < 4.78 is 23.6. The van der Waals surface area contributed by atoms with Gasteiger partial charge in [0.2, 0.25) is 0 Å². The molecule has 0 N–H and O–H groups in total. The monoisotopic (exact) mass is 367 g/mol. The van der Waals surface area contributed by atoms with Crippen molar-refractivity contribution in [2.75, 3.05) is 13.1 Å². The molecule has 1 aromatic carbocycles. The SMILES string of the molecule is CCN(CC)C(=O)c1cc(Br)c(C)c(S(=O)(=O)Cl)c1. The van der Waals surface area contributed by atoms with E-state index in [1.807, 2.05) is 13.8 Å². The smallest absolute Gasteiger partial charge is 0.261 e. The first-order chi connectivity index (χ1) is 8.72. The molecule has 19 heavy (non-hydrogen) atoms. The van der Waals surface area contributed by atoms with Gasteiger partial charge >= 0.3 is 0 Å². The Labute approximate surface area is 126 Å². The lowest BCUT2D eigenvalue weighted by molar-refractivity contribution is 0.0772. The summed E-state index contributed by atoms with van der Waals surface area (Å²) in [7, 11) is 1.51. The van der Waals surface area contributed by atoms with Gasteiger partial charge in [-0.2, -0.15) is 0 Å². The third-order valence-corrected chi connectivity index (χ3v) is 5.13. The molecule has 106 valence electrons. The summed E-state index contributed by atoms with van der Waals surface area (Å²) in [6.45, 7) is 6.48. The van der Waals surface area contributed by atoms with Crippen LogP contribution in [0.4, 0.5) is 0 Å². The summed E-state index contributed by atoms with van der Waals surface area (Å²) in [6, 6.07) is 2.94. The fourth-order valence-corrected chi connectivity index (χ4v) is 3.54. The highest BCUT2D eigenvalue weighted by Gasteiger charge is 2.21. The van der Waals surface area contributed by atoms with E-state index >= 15 is 0 Å². The minimum absolute atomic E-state index is 0.0425. The number of hydrogen-bond donors (Lipinski definition) is 0. The zero-order valence-electron chi connectivity index (χ0n) is 10.9. The van der Waals surface area contributed by atoms with Gasteiger partial charge in [-0.25, -0.2) is 8.42 Å². The van der Waals surface area contributed by atoms with Gasteiger partial charge in [0.15, 0.2) is 0 Å². The maximum Gasteiger partial charge on any atom is 0.261 e. The lowest BCUT2D eigenvalue weighted by Gasteiger charge is -2.19. The Balaban J connectivity index is 3.40. The van der Waals surface area contributed by atoms with Gasteiger partial charge in [0.1, 0.15) is 0 Å². The van der Waals surface area contributed by atoms with Crippen LogP contribution in [0.1, 0.15) is 29.8 Å². The third-order valence-electron chi connectivity index (χ3n) is 2.86. The normalized spacial score (nSPS) is 11.4. The fraction of sp³-hybridized carbons (Fsp3) is 0.417. The summed E-state index contributed by atoms with van der Waals surface area (Å²) in [5.41, 5.74) is 0.798. The topological polar surface area (TPSA) is 54.5 Å². The number of benzene rings is 1. The zero-order chi connectivity index (χ0) is 14.8. The van der Waals surface area contributed by atoms with Crippen LogP contribution in [0.25, 0.3) is 0 Å². The van der Waals surface area contributed by atoms with Crippen molar-refractivity contribution in [2.45, 2.75) is 25.7 Å². The number of hydrogen-bond acceptors (Lipinski definition) is 3. The molecular formula is C12H15BrClNO3S. The van der Waals surface area contributed by atoms with Crippen LogP contribution < -0.4 is 0 Å². The van der Waals surface area contributed by atoms with Crippen molar-refractivity contribution in [1.29, 1.82) is 0 Å². The van der Waals surface area contributed by atoms with Crippen LogP contribution in [0, 0.1) is 6.92 Å². The summed E-state index contributed by atoms with van der Waals surface area (Å²) in [5, 5.41) is 0. The molecule has 0 atom stereocenters. The lowest BCUT2D eigenvalue weighted by Crippen LogP contribution is -2.30. The second-order valence-corrected chi connectivity index (χ2v) is 7.39. The molecule has 0 heterocycles. The predicted molar refractivity (Wildman–Crippen MR) is 79.2 cm³/mol. The van der Waals surface area contributed by atoms with E-state index in [1.165, 1.54) is 6.07 Å². The largest absolute Gasteiger partial charge is 0.339 e. The van der Waals surface area contributed by atoms with Crippen molar-refractivity contribution < 1.29 is 13.2 Å². The standard InChI is InChI=1S/C12H15BrClNO3S/c1-4-15(5-2)12(16)9-6-10(13)8(3)11(7-9)19(14,17)18/h6-7H,4-5H2,1-3H3. The molecule has 0 aliphatic heterocycles. The molecule has 4 nitrogen and oxygen atoms in total. The van der Waals surface area contributed by atoms with E-state index in [0.717, 1.165) is 0 Å². The molecule has 1 amide bonds. The zero-order valence-corrected chi connectivity index (χ0v) is 14.1. The first-order valence-corrected chi connectivity index (χ1v) is 8.86. The average Bonchev–Trinajstić information content (AvgIpc) is 2.32. The first kappa shape index (κ1) is 16.5. The lowest BCUT2D eigenvalue weighted by atomic mass is 10.1. The van der Waals surface area contributed by atoms with Crippen LogP contribution in [-0.4, -0.2) is 32.3 Å². The maximum absolute atomic E-state index is 12.2. The Morgan fingerprint density at radius 2 is 1.84 bits per heavy atom. The number of rotatable bonds is 4. The van der Waals surface area contributed by atoms with Crippen molar-refractivity contribution in [2.24, 2.45) is 0 Å². The van der Waals surface area contributed by atoms with Crippen LogP contribution in [0.3, 0.4) is 0 Å². The third kappa shape index (κ3) is 3.70. The highest BCUT2D eigenvalue weighted by Crippen LogP contribution is 2.28. The van der Waals surface area contributed by atoms with Gasteiger partial charge in [-0.05, 0) is 38.5 Å². The maximum atomic E-state index is 12.2. The van der Waals surface area contributed by atoms with Crippen LogP contribution in [0.15, 0.2) is 21.5 Å². The summed E-state index contributed by atoms with van der Waals surface area (Å²) in [4.78, 5) is 13.8. The number of carbonyl (C=O) groups excluding carboxylic acids is 1. The van der Waals surface area contributed by atoms with Gasteiger partial charge in [-0.3, -0.25) is 4.79 Å². The predicted octanol–water partition coefficient (Wildman–Crippen LogP) is 3.17. The van der Waals surface area contributed by atoms with Crippen LogP contribution in [-0.2, 0) is 9.05 Å². The first-order valence-electron chi connectivity index (χ1n) is 5.76. The van der Waals surface area contributed by atoms with Crippen LogP contribution >= 0.6 is 26.6 Å². The van der Waals surface area contributed by atoms with Gasteiger partial charge in [0, 0.05) is 33.8 Å². The summed E-state index contributed by atoms with van der Waals surface area (Å²) in [5.74, 6) is -0.215. The molecule has 0 spiro atoms. The second-order valence-electron chi connectivity index (χ2n) is 4.00. The molecule has 0 saturated carbocycles. The van der Waals surface area contributed by atoms with E-state index in [4.69, 9.17) is 10.7 Å². The Bertz CT molecular complexity index is 597. The number of carbonyl (C=O) groups is 1. The van der Waals surface area contributed by atoms with Crippen molar-refractivity contribution in [3.8, 4) is 0 Å². The molecule has 0 aliphatic carbocycles.